The lowest BCUT2D eigenvalue weighted by Gasteiger charge is -2.30. The van der Waals surface area contributed by atoms with Crippen molar-refractivity contribution in [3.05, 3.63) is 52.5 Å². The van der Waals surface area contributed by atoms with Crippen LogP contribution in [0.3, 0.4) is 0 Å². The number of nitrogens with zero attached hydrogens (tertiary/aromatic N) is 1. The maximum Gasteiger partial charge on any atom is 0.265 e. The lowest BCUT2D eigenvalue weighted by molar-refractivity contribution is -0.121. The van der Waals surface area contributed by atoms with Gasteiger partial charge in [-0.15, -0.1) is 0 Å². The van der Waals surface area contributed by atoms with Gasteiger partial charge in [0.2, 0.25) is 0 Å². The maximum absolute atomic E-state index is 12.2. The molecule has 0 aromatic heterocycles. The molecule has 0 saturated heterocycles. The van der Waals surface area contributed by atoms with Crippen molar-refractivity contribution < 1.29 is 9.53 Å². The van der Waals surface area contributed by atoms with Gasteiger partial charge in [0.1, 0.15) is 5.75 Å². The van der Waals surface area contributed by atoms with Gasteiger partial charge in [-0.05, 0) is 36.2 Å². The molecule has 5 heteroatoms. The van der Waals surface area contributed by atoms with Crippen LogP contribution in [0.4, 0.5) is 11.4 Å². The Morgan fingerprint density at radius 2 is 2.10 bits per heavy atom. The summed E-state index contributed by atoms with van der Waals surface area (Å²) < 4.78 is 5.43. The third-order valence-corrected chi connectivity index (χ3v) is 3.82. The Morgan fingerprint density at radius 3 is 2.86 bits per heavy atom. The molecule has 1 heterocycles. The first-order valence-electron chi connectivity index (χ1n) is 6.62. The van der Waals surface area contributed by atoms with Gasteiger partial charge in [-0.1, -0.05) is 23.7 Å². The summed E-state index contributed by atoms with van der Waals surface area (Å²) in [5, 5.41) is 0.659. The van der Waals surface area contributed by atoms with Crippen LogP contribution >= 0.6 is 11.6 Å². The molecule has 2 N–H and O–H groups in total. The highest BCUT2D eigenvalue weighted by atomic mass is 35.5. The standard InChI is InChI=1S/C16H15ClN2O2/c1-10-2-3-11(13(17)6-10)8-19-14-5-4-12(18)7-15(14)21-9-16(19)20/h2-7H,8-9,18H2,1H3. The van der Waals surface area contributed by atoms with Crippen molar-refractivity contribution in [2.75, 3.05) is 17.2 Å². The van der Waals surface area contributed by atoms with Crippen molar-refractivity contribution in [2.24, 2.45) is 0 Å². The minimum Gasteiger partial charge on any atom is -0.481 e. The van der Waals surface area contributed by atoms with Gasteiger partial charge in [0.15, 0.2) is 6.61 Å². The normalized spacial score (nSPS) is 13.8. The van der Waals surface area contributed by atoms with Crippen LogP contribution < -0.4 is 15.4 Å². The topological polar surface area (TPSA) is 55.6 Å². The molecule has 2 aromatic carbocycles. The first kappa shape index (κ1) is 13.8. The minimum absolute atomic E-state index is 0.0138. The number of hydrogen-bond donors (Lipinski definition) is 1. The molecule has 1 aliphatic heterocycles. The van der Waals surface area contributed by atoms with E-state index in [4.69, 9.17) is 22.1 Å². The van der Waals surface area contributed by atoms with Gasteiger partial charge in [-0.3, -0.25) is 4.79 Å². The molecule has 0 saturated carbocycles. The monoisotopic (exact) mass is 302 g/mol. The van der Waals surface area contributed by atoms with Gasteiger partial charge in [0.25, 0.3) is 5.91 Å². The molecule has 0 atom stereocenters. The number of carbonyl (C=O) groups is 1. The Labute approximate surface area is 128 Å². The van der Waals surface area contributed by atoms with Crippen LogP contribution in [0.5, 0.6) is 5.75 Å². The van der Waals surface area contributed by atoms with Gasteiger partial charge < -0.3 is 15.4 Å². The van der Waals surface area contributed by atoms with E-state index < -0.39 is 0 Å². The molecule has 0 spiro atoms. The number of nitrogen functional groups attached to an aromatic ring is 1. The highest BCUT2D eigenvalue weighted by Gasteiger charge is 2.26. The summed E-state index contributed by atoms with van der Waals surface area (Å²) in [6.45, 7) is 2.41. The average molecular weight is 303 g/mol. The number of ether oxygens (including phenoxy) is 1. The van der Waals surface area contributed by atoms with E-state index in [0.717, 1.165) is 16.8 Å². The number of carbonyl (C=O) groups excluding carboxylic acids is 1. The molecule has 21 heavy (non-hydrogen) atoms. The largest absolute Gasteiger partial charge is 0.481 e. The zero-order valence-corrected chi connectivity index (χ0v) is 12.4. The number of rotatable bonds is 2. The fraction of sp³-hybridized carbons (Fsp3) is 0.188. The molecule has 3 rings (SSSR count). The van der Waals surface area contributed by atoms with Crippen LogP contribution in [0.2, 0.25) is 5.02 Å². The molecule has 2 aromatic rings. The zero-order chi connectivity index (χ0) is 15.0. The Balaban J connectivity index is 1.96. The second-order valence-electron chi connectivity index (χ2n) is 5.09. The number of amides is 1. The van der Waals surface area contributed by atoms with E-state index in [1.807, 2.05) is 25.1 Å². The van der Waals surface area contributed by atoms with Crippen LogP contribution in [0.25, 0.3) is 0 Å². The predicted octanol–water partition coefficient (Wildman–Crippen LogP) is 3.16. The Kier molecular flexibility index (Phi) is 3.47. The smallest absolute Gasteiger partial charge is 0.265 e. The maximum atomic E-state index is 12.2. The Bertz CT molecular complexity index is 715. The highest BCUT2D eigenvalue weighted by Crippen LogP contribution is 2.35. The molecular weight excluding hydrogens is 288 g/mol. The first-order chi connectivity index (χ1) is 10.0. The zero-order valence-electron chi connectivity index (χ0n) is 11.6. The number of nitrogens with two attached hydrogens (primary N) is 1. The summed E-state index contributed by atoms with van der Waals surface area (Å²) in [5.41, 5.74) is 9.07. The summed E-state index contributed by atoms with van der Waals surface area (Å²) in [6, 6.07) is 11.1. The van der Waals surface area contributed by atoms with E-state index >= 15 is 0 Å². The van der Waals surface area contributed by atoms with Gasteiger partial charge in [0.05, 0.1) is 12.2 Å². The fourth-order valence-corrected chi connectivity index (χ4v) is 2.64. The molecule has 0 aliphatic carbocycles. The van der Waals surface area contributed by atoms with Crippen molar-refractivity contribution in [1.29, 1.82) is 0 Å². The molecule has 4 nitrogen and oxygen atoms in total. The van der Waals surface area contributed by atoms with Crippen molar-refractivity contribution >= 4 is 28.9 Å². The van der Waals surface area contributed by atoms with Crippen molar-refractivity contribution in [1.82, 2.24) is 0 Å². The third kappa shape index (κ3) is 2.67. The quantitative estimate of drug-likeness (QED) is 0.867. The SMILES string of the molecule is Cc1ccc(CN2C(=O)COc3cc(N)ccc32)c(Cl)c1. The fourth-order valence-electron chi connectivity index (χ4n) is 2.35. The van der Waals surface area contributed by atoms with Gasteiger partial charge in [-0.25, -0.2) is 0 Å². The molecule has 108 valence electrons. The van der Waals surface area contributed by atoms with Gasteiger partial charge in [0, 0.05) is 16.8 Å². The van der Waals surface area contributed by atoms with Gasteiger partial charge >= 0.3 is 0 Å². The summed E-state index contributed by atoms with van der Waals surface area (Å²) in [4.78, 5) is 13.8. The van der Waals surface area contributed by atoms with E-state index in [0.29, 0.717) is 23.0 Å². The molecule has 0 fully saturated rings. The molecule has 0 unspecified atom stereocenters. The lowest BCUT2D eigenvalue weighted by Crippen LogP contribution is -2.38. The van der Waals surface area contributed by atoms with Crippen LogP contribution in [-0.2, 0) is 11.3 Å². The van der Waals surface area contributed by atoms with Crippen LogP contribution in [-0.4, -0.2) is 12.5 Å². The van der Waals surface area contributed by atoms with E-state index in [9.17, 15) is 4.79 Å². The number of halogens is 1. The van der Waals surface area contributed by atoms with E-state index in [1.165, 1.54) is 0 Å². The summed E-state index contributed by atoms with van der Waals surface area (Å²) in [5.74, 6) is 0.529. The van der Waals surface area contributed by atoms with Crippen molar-refractivity contribution in [3.63, 3.8) is 0 Å². The van der Waals surface area contributed by atoms with Gasteiger partial charge in [-0.2, -0.15) is 0 Å². The summed E-state index contributed by atoms with van der Waals surface area (Å²) in [7, 11) is 0. The highest BCUT2D eigenvalue weighted by molar-refractivity contribution is 6.31. The minimum atomic E-state index is -0.0936. The number of hydrogen-bond acceptors (Lipinski definition) is 3. The van der Waals surface area contributed by atoms with E-state index in [2.05, 4.69) is 0 Å². The molecule has 0 radical (unpaired) electrons. The number of aryl methyl sites for hydroxylation is 1. The Hall–Kier alpha value is -2.20. The van der Waals surface area contributed by atoms with E-state index in [-0.39, 0.29) is 12.5 Å². The van der Waals surface area contributed by atoms with Crippen LogP contribution in [0.1, 0.15) is 11.1 Å². The Morgan fingerprint density at radius 1 is 1.29 bits per heavy atom. The number of anilines is 2. The molecule has 0 bridgehead atoms. The van der Waals surface area contributed by atoms with Crippen LogP contribution in [0.15, 0.2) is 36.4 Å². The van der Waals surface area contributed by atoms with Crippen LogP contribution in [0, 0.1) is 6.92 Å². The third-order valence-electron chi connectivity index (χ3n) is 3.46. The predicted molar refractivity (Wildman–Crippen MR) is 83.7 cm³/mol. The lowest BCUT2D eigenvalue weighted by atomic mass is 10.1. The van der Waals surface area contributed by atoms with Crippen molar-refractivity contribution in [2.45, 2.75) is 13.5 Å². The molecule has 1 amide bonds. The molecule has 1 aliphatic rings. The summed E-state index contributed by atoms with van der Waals surface area (Å²) >= 11 is 6.26. The van der Waals surface area contributed by atoms with Crippen molar-refractivity contribution in [3.8, 4) is 5.75 Å². The molecular formula is C16H15ClN2O2. The average Bonchev–Trinajstić information content (AvgIpc) is 2.44. The number of benzene rings is 2. The number of fused-ring (bicyclic) bond motifs is 1. The first-order valence-corrected chi connectivity index (χ1v) is 7.00. The van der Waals surface area contributed by atoms with E-state index in [1.54, 1.807) is 23.1 Å². The summed E-state index contributed by atoms with van der Waals surface area (Å²) in [6.07, 6.45) is 0. The second kappa shape index (κ2) is 5.30. The second-order valence-corrected chi connectivity index (χ2v) is 5.50.